The Labute approximate surface area is 141 Å². The Balaban J connectivity index is 0.000000816. The highest BCUT2D eigenvalue weighted by Crippen LogP contribution is 2.38. The summed E-state index contributed by atoms with van der Waals surface area (Å²) in [5, 5.41) is 11.6. The maximum atomic E-state index is 12.3. The number of carbonyl (C=O) groups is 1. The number of anilines is 1. The van der Waals surface area contributed by atoms with Crippen LogP contribution < -0.4 is 5.32 Å². The van der Waals surface area contributed by atoms with Gasteiger partial charge in [0.15, 0.2) is 0 Å². The zero-order valence-corrected chi connectivity index (χ0v) is 15.0. The molecule has 1 fully saturated rings. The van der Waals surface area contributed by atoms with Crippen LogP contribution in [-0.4, -0.2) is 5.91 Å². The van der Waals surface area contributed by atoms with E-state index in [1.165, 1.54) is 12.8 Å². The molecule has 0 heterocycles. The molecule has 1 N–H and O–H groups in total. The Morgan fingerprint density at radius 2 is 1.91 bits per heavy atom. The van der Waals surface area contributed by atoms with Crippen LogP contribution >= 0.6 is 0 Å². The summed E-state index contributed by atoms with van der Waals surface area (Å²) in [5.74, 6) is 0.253. The van der Waals surface area contributed by atoms with E-state index in [0.29, 0.717) is 6.42 Å². The summed E-state index contributed by atoms with van der Waals surface area (Å²) >= 11 is 0. The summed E-state index contributed by atoms with van der Waals surface area (Å²) in [6.07, 6.45) is 5.95. The van der Waals surface area contributed by atoms with Crippen molar-refractivity contribution in [2.75, 3.05) is 5.32 Å². The van der Waals surface area contributed by atoms with Crippen molar-refractivity contribution in [3.05, 3.63) is 29.8 Å². The van der Waals surface area contributed by atoms with Gasteiger partial charge in [-0.2, -0.15) is 5.26 Å². The van der Waals surface area contributed by atoms with Gasteiger partial charge in [-0.05, 0) is 42.4 Å². The third-order valence-electron chi connectivity index (χ3n) is 4.08. The summed E-state index contributed by atoms with van der Waals surface area (Å²) in [6.45, 7) is 8.73. The fourth-order valence-electron chi connectivity index (χ4n) is 2.96. The maximum absolute atomic E-state index is 12.3. The van der Waals surface area contributed by atoms with E-state index in [1.54, 1.807) is 0 Å². The lowest BCUT2D eigenvalue weighted by molar-refractivity contribution is -0.122. The van der Waals surface area contributed by atoms with Crippen LogP contribution in [0, 0.1) is 22.7 Å². The number of nitrogens with one attached hydrogen (secondary N) is 1. The molecule has 3 heteroatoms. The Kier molecular flexibility index (Phi) is 7.81. The topological polar surface area (TPSA) is 52.9 Å². The quantitative estimate of drug-likeness (QED) is 0.820. The second-order valence-corrected chi connectivity index (χ2v) is 7.19. The van der Waals surface area contributed by atoms with Gasteiger partial charge in [0, 0.05) is 11.6 Å². The molecule has 1 amide bonds. The summed E-state index contributed by atoms with van der Waals surface area (Å²) in [6, 6.07) is 9.65. The number of hydrogen-bond acceptors (Lipinski definition) is 2. The number of benzene rings is 1. The molecule has 3 nitrogen and oxygen atoms in total. The van der Waals surface area contributed by atoms with Crippen molar-refractivity contribution >= 4 is 11.6 Å². The molecule has 0 aromatic heterocycles. The van der Waals surface area contributed by atoms with E-state index in [2.05, 4.69) is 39.1 Å². The van der Waals surface area contributed by atoms with Crippen LogP contribution in [0.5, 0.6) is 0 Å². The van der Waals surface area contributed by atoms with E-state index in [-0.39, 0.29) is 17.2 Å². The number of amides is 1. The number of carbonyl (C=O) groups excluding carboxylic acids is 1. The molecule has 23 heavy (non-hydrogen) atoms. The zero-order chi connectivity index (χ0) is 17.3. The highest BCUT2D eigenvalue weighted by atomic mass is 16.1. The fraction of sp³-hybridized carbons (Fsp3) is 0.600. The van der Waals surface area contributed by atoms with E-state index >= 15 is 0 Å². The Morgan fingerprint density at radius 1 is 1.30 bits per heavy atom. The molecule has 1 unspecified atom stereocenters. The molecular formula is C20H30N2O. The summed E-state index contributed by atoms with van der Waals surface area (Å²) < 4.78 is 0. The molecule has 0 radical (unpaired) electrons. The zero-order valence-electron chi connectivity index (χ0n) is 15.0. The van der Waals surface area contributed by atoms with Gasteiger partial charge in [-0.1, -0.05) is 52.7 Å². The predicted molar refractivity (Wildman–Crippen MR) is 96.1 cm³/mol. The van der Waals surface area contributed by atoms with Crippen molar-refractivity contribution in [3.63, 3.8) is 0 Å². The summed E-state index contributed by atoms with van der Waals surface area (Å²) in [5.41, 5.74) is 2.07. The molecule has 2 rings (SSSR count). The minimum Gasteiger partial charge on any atom is -0.326 e. The van der Waals surface area contributed by atoms with Gasteiger partial charge in [-0.15, -0.1) is 0 Å². The van der Waals surface area contributed by atoms with E-state index in [1.807, 2.05) is 24.3 Å². The lowest BCUT2D eigenvalue weighted by Gasteiger charge is -2.34. The van der Waals surface area contributed by atoms with Gasteiger partial charge in [0.2, 0.25) is 5.91 Å². The van der Waals surface area contributed by atoms with Gasteiger partial charge in [-0.25, -0.2) is 0 Å². The SMILES string of the molecule is CC1(C)CCCC(C(=O)Nc2ccc(CC#N)cc2)C1.CCC. The highest BCUT2D eigenvalue weighted by Gasteiger charge is 2.31. The molecule has 1 aliphatic rings. The minimum atomic E-state index is 0.123. The van der Waals surface area contributed by atoms with Gasteiger partial charge in [0.05, 0.1) is 12.5 Å². The van der Waals surface area contributed by atoms with Crippen molar-refractivity contribution in [1.29, 1.82) is 5.26 Å². The van der Waals surface area contributed by atoms with Gasteiger partial charge in [0.1, 0.15) is 0 Å². The summed E-state index contributed by atoms with van der Waals surface area (Å²) in [7, 11) is 0. The standard InChI is InChI=1S/C17H22N2O.C3H8/c1-17(2)10-3-4-14(12-17)16(20)19-15-7-5-13(6-8-15)9-11-18;1-3-2/h5-8,14H,3-4,9-10,12H2,1-2H3,(H,19,20);3H2,1-2H3. The average molecular weight is 314 g/mol. The lowest BCUT2D eigenvalue weighted by Crippen LogP contribution is -2.31. The van der Waals surface area contributed by atoms with Crippen LogP contribution in [0.2, 0.25) is 0 Å². The Morgan fingerprint density at radius 3 is 2.43 bits per heavy atom. The highest BCUT2D eigenvalue weighted by molar-refractivity contribution is 5.92. The molecule has 1 atom stereocenters. The maximum Gasteiger partial charge on any atom is 0.227 e. The Bertz CT molecular complexity index is 526. The first kappa shape index (κ1) is 19.2. The first-order valence-corrected chi connectivity index (χ1v) is 8.68. The van der Waals surface area contributed by atoms with Crippen molar-refractivity contribution < 1.29 is 4.79 Å². The first-order valence-electron chi connectivity index (χ1n) is 8.68. The Hall–Kier alpha value is -1.82. The van der Waals surface area contributed by atoms with Gasteiger partial charge in [0.25, 0.3) is 0 Å². The molecule has 0 aliphatic heterocycles. The van der Waals surface area contributed by atoms with Crippen LogP contribution in [0.3, 0.4) is 0 Å². The normalized spacial score (nSPS) is 19.0. The van der Waals surface area contributed by atoms with Gasteiger partial charge < -0.3 is 5.32 Å². The first-order chi connectivity index (χ1) is 10.9. The fourth-order valence-corrected chi connectivity index (χ4v) is 2.96. The van der Waals surface area contributed by atoms with E-state index in [9.17, 15) is 4.79 Å². The molecular weight excluding hydrogens is 284 g/mol. The lowest BCUT2D eigenvalue weighted by atomic mass is 9.72. The summed E-state index contributed by atoms with van der Waals surface area (Å²) in [4.78, 5) is 12.3. The van der Waals surface area contributed by atoms with Crippen LogP contribution in [0.4, 0.5) is 5.69 Å². The largest absolute Gasteiger partial charge is 0.326 e. The van der Waals surface area contributed by atoms with Gasteiger partial charge >= 0.3 is 0 Å². The van der Waals surface area contributed by atoms with E-state index in [4.69, 9.17) is 5.26 Å². The number of nitrogens with zero attached hydrogens (tertiary/aromatic N) is 1. The van der Waals surface area contributed by atoms with Crippen molar-refractivity contribution in [3.8, 4) is 6.07 Å². The molecule has 0 spiro atoms. The molecule has 1 aromatic rings. The molecule has 1 aliphatic carbocycles. The van der Waals surface area contributed by atoms with Crippen LogP contribution in [-0.2, 0) is 11.2 Å². The molecule has 126 valence electrons. The second kappa shape index (κ2) is 9.35. The van der Waals surface area contributed by atoms with Crippen molar-refractivity contribution in [1.82, 2.24) is 0 Å². The van der Waals surface area contributed by atoms with Crippen LogP contribution in [0.25, 0.3) is 0 Å². The molecule has 0 bridgehead atoms. The van der Waals surface area contributed by atoms with E-state index in [0.717, 1.165) is 30.5 Å². The van der Waals surface area contributed by atoms with Crippen molar-refractivity contribution in [2.45, 2.75) is 66.2 Å². The second-order valence-electron chi connectivity index (χ2n) is 7.19. The number of rotatable bonds is 3. The van der Waals surface area contributed by atoms with Crippen LogP contribution in [0.15, 0.2) is 24.3 Å². The molecule has 1 aromatic carbocycles. The molecule has 0 saturated heterocycles. The monoisotopic (exact) mass is 314 g/mol. The third kappa shape index (κ3) is 6.86. The number of hydrogen-bond donors (Lipinski definition) is 1. The average Bonchev–Trinajstić information content (AvgIpc) is 2.49. The predicted octanol–water partition coefficient (Wildman–Crippen LogP) is 5.32. The van der Waals surface area contributed by atoms with Crippen molar-refractivity contribution in [2.24, 2.45) is 11.3 Å². The van der Waals surface area contributed by atoms with Crippen LogP contribution in [0.1, 0.15) is 65.4 Å². The van der Waals surface area contributed by atoms with E-state index < -0.39 is 0 Å². The minimum absolute atomic E-state index is 0.123. The van der Waals surface area contributed by atoms with Gasteiger partial charge in [-0.3, -0.25) is 4.79 Å². The molecule has 1 saturated carbocycles. The third-order valence-corrected chi connectivity index (χ3v) is 4.08. The number of nitriles is 1. The smallest absolute Gasteiger partial charge is 0.227 e.